The first-order valence-electron chi connectivity index (χ1n) is 7.14. The van der Waals surface area contributed by atoms with Crippen LogP contribution in [-0.4, -0.2) is 19.6 Å². The average molecular weight is 336 g/mol. The minimum absolute atomic E-state index is 0.0335. The fraction of sp³-hybridized carbons (Fsp3) is 0.333. The Morgan fingerprint density at radius 1 is 1.05 bits per heavy atom. The third kappa shape index (κ3) is 4.08. The smallest absolute Gasteiger partial charge is 0.0565 e. The predicted octanol–water partition coefficient (Wildman–Crippen LogP) is 5.74. The molecule has 0 saturated carbocycles. The zero-order chi connectivity index (χ0) is 16.5. The van der Waals surface area contributed by atoms with Gasteiger partial charge in [-0.05, 0) is 51.1 Å². The van der Waals surface area contributed by atoms with Crippen molar-refractivity contribution in [2.24, 2.45) is 0 Å². The van der Waals surface area contributed by atoms with Crippen LogP contribution in [0.25, 0.3) is 11.1 Å². The monoisotopic (exact) mass is 335 g/mol. The van der Waals surface area contributed by atoms with Crippen molar-refractivity contribution >= 4 is 34.6 Å². The van der Waals surface area contributed by atoms with Gasteiger partial charge in [-0.3, -0.25) is 0 Å². The summed E-state index contributed by atoms with van der Waals surface area (Å²) >= 11 is 12.7. The van der Waals surface area contributed by atoms with Crippen LogP contribution in [0.3, 0.4) is 0 Å². The standard InChI is InChI=1S/C18H21Cl2N2/c1-18(2,3)21-12-6-8-16(19)14(10-12)15-11-13(22(4)5)7-9-17(15)20/h6-7,9-11,21H,1-5H3. The second kappa shape index (κ2) is 6.39. The lowest BCUT2D eigenvalue weighted by atomic mass is 10.0. The molecule has 0 fully saturated rings. The van der Waals surface area contributed by atoms with Crippen molar-refractivity contribution in [3.05, 3.63) is 46.4 Å². The van der Waals surface area contributed by atoms with Crippen LogP contribution in [0.15, 0.2) is 30.3 Å². The SMILES string of the molecule is CN(C)c1ccc(Cl)c(-c2cc(NC(C)(C)C)c[c]c2Cl)c1. The van der Waals surface area contributed by atoms with E-state index in [9.17, 15) is 0 Å². The summed E-state index contributed by atoms with van der Waals surface area (Å²) in [7, 11) is 4.00. The molecule has 2 rings (SSSR count). The molecule has 0 heterocycles. The molecule has 1 radical (unpaired) electrons. The highest BCUT2D eigenvalue weighted by molar-refractivity contribution is 6.36. The molecule has 22 heavy (non-hydrogen) atoms. The second-order valence-electron chi connectivity index (χ2n) is 6.55. The summed E-state index contributed by atoms with van der Waals surface area (Å²) in [4.78, 5) is 2.04. The maximum absolute atomic E-state index is 6.38. The van der Waals surface area contributed by atoms with E-state index in [-0.39, 0.29) is 5.54 Å². The maximum atomic E-state index is 6.38. The molecule has 0 aliphatic heterocycles. The van der Waals surface area contributed by atoms with Gasteiger partial charge in [-0.1, -0.05) is 23.2 Å². The first-order chi connectivity index (χ1) is 10.2. The molecular formula is C18H21Cl2N2. The van der Waals surface area contributed by atoms with Gasteiger partial charge in [0.15, 0.2) is 0 Å². The highest BCUT2D eigenvalue weighted by Crippen LogP contribution is 2.37. The number of benzene rings is 2. The molecule has 2 aromatic carbocycles. The minimum atomic E-state index is -0.0335. The van der Waals surface area contributed by atoms with Crippen LogP contribution in [0, 0.1) is 6.07 Å². The van der Waals surface area contributed by atoms with Crippen molar-refractivity contribution in [3.63, 3.8) is 0 Å². The Morgan fingerprint density at radius 2 is 1.73 bits per heavy atom. The van der Waals surface area contributed by atoms with Crippen LogP contribution in [0.2, 0.25) is 10.0 Å². The lowest BCUT2D eigenvalue weighted by Gasteiger charge is -2.23. The Labute approximate surface area is 143 Å². The number of nitrogens with zero attached hydrogens (tertiary/aromatic N) is 1. The van der Waals surface area contributed by atoms with E-state index in [0.29, 0.717) is 10.0 Å². The Kier molecular flexibility index (Phi) is 4.93. The topological polar surface area (TPSA) is 15.3 Å². The first kappa shape index (κ1) is 17.0. The van der Waals surface area contributed by atoms with Crippen LogP contribution in [0.4, 0.5) is 11.4 Å². The Morgan fingerprint density at radius 3 is 2.32 bits per heavy atom. The van der Waals surface area contributed by atoms with E-state index in [1.165, 1.54) is 0 Å². The van der Waals surface area contributed by atoms with Gasteiger partial charge < -0.3 is 10.2 Å². The molecule has 0 aliphatic rings. The van der Waals surface area contributed by atoms with Crippen LogP contribution in [0.1, 0.15) is 20.8 Å². The van der Waals surface area contributed by atoms with Gasteiger partial charge in [-0.2, -0.15) is 0 Å². The molecule has 0 atom stereocenters. The summed E-state index contributed by atoms with van der Waals surface area (Å²) in [5.41, 5.74) is 3.80. The summed E-state index contributed by atoms with van der Waals surface area (Å²) in [6, 6.07) is 12.9. The van der Waals surface area contributed by atoms with Gasteiger partial charge in [0.1, 0.15) is 0 Å². The molecular weight excluding hydrogens is 315 g/mol. The Bertz CT molecular complexity index is 673. The molecule has 0 spiro atoms. The zero-order valence-corrected chi connectivity index (χ0v) is 15.1. The van der Waals surface area contributed by atoms with Crippen LogP contribution in [0.5, 0.6) is 0 Å². The van der Waals surface area contributed by atoms with Crippen molar-refractivity contribution in [2.75, 3.05) is 24.3 Å². The van der Waals surface area contributed by atoms with Gasteiger partial charge in [0, 0.05) is 53.2 Å². The summed E-state index contributed by atoms with van der Waals surface area (Å²) in [5, 5.41) is 4.67. The summed E-state index contributed by atoms with van der Waals surface area (Å²) in [6.45, 7) is 6.34. The molecule has 117 valence electrons. The van der Waals surface area contributed by atoms with Crippen LogP contribution >= 0.6 is 23.2 Å². The van der Waals surface area contributed by atoms with Crippen LogP contribution < -0.4 is 10.2 Å². The van der Waals surface area contributed by atoms with Gasteiger partial charge in [0.2, 0.25) is 0 Å². The summed E-state index contributed by atoms with van der Waals surface area (Å²) in [6.07, 6.45) is 0. The fourth-order valence-corrected chi connectivity index (χ4v) is 2.61. The molecule has 0 unspecified atom stereocenters. The quantitative estimate of drug-likeness (QED) is 0.769. The highest BCUT2D eigenvalue weighted by atomic mass is 35.5. The third-order valence-corrected chi connectivity index (χ3v) is 3.81. The maximum Gasteiger partial charge on any atom is 0.0565 e. The van der Waals surface area contributed by atoms with Gasteiger partial charge >= 0.3 is 0 Å². The molecule has 0 aliphatic carbocycles. The number of hydrogen-bond donors (Lipinski definition) is 1. The molecule has 2 nitrogen and oxygen atoms in total. The fourth-order valence-electron chi connectivity index (χ4n) is 2.18. The number of hydrogen-bond acceptors (Lipinski definition) is 2. The van der Waals surface area contributed by atoms with Gasteiger partial charge in [-0.15, -0.1) is 0 Å². The molecule has 0 bridgehead atoms. The van der Waals surface area contributed by atoms with E-state index >= 15 is 0 Å². The average Bonchev–Trinajstić information content (AvgIpc) is 2.40. The number of rotatable bonds is 3. The van der Waals surface area contributed by atoms with E-state index in [0.717, 1.165) is 22.5 Å². The van der Waals surface area contributed by atoms with Gasteiger partial charge in [-0.25, -0.2) is 0 Å². The first-order valence-corrected chi connectivity index (χ1v) is 7.89. The number of nitrogens with one attached hydrogen (secondary N) is 1. The molecule has 0 saturated heterocycles. The number of anilines is 2. The Hall–Kier alpha value is -1.38. The van der Waals surface area contributed by atoms with E-state index in [4.69, 9.17) is 23.2 Å². The number of halogens is 2. The molecule has 2 aromatic rings. The largest absolute Gasteiger partial charge is 0.380 e. The van der Waals surface area contributed by atoms with Crippen molar-refractivity contribution in [1.82, 2.24) is 0 Å². The van der Waals surface area contributed by atoms with E-state index in [1.54, 1.807) is 0 Å². The second-order valence-corrected chi connectivity index (χ2v) is 7.33. The highest BCUT2D eigenvalue weighted by Gasteiger charge is 2.14. The van der Waals surface area contributed by atoms with Gasteiger partial charge in [0.25, 0.3) is 0 Å². The van der Waals surface area contributed by atoms with Crippen molar-refractivity contribution in [1.29, 1.82) is 0 Å². The predicted molar refractivity (Wildman–Crippen MR) is 98.4 cm³/mol. The lowest BCUT2D eigenvalue weighted by molar-refractivity contribution is 0.634. The summed E-state index contributed by atoms with van der Waals surface area (Å²) in [5.74, 6) is 0. The lowest BCUT2D eigenvalue weighted by Crippen LogP contribution is -2.25. The third-order valence-electron chi connectivity index (χ3n) is 3.17. The van der Waals surface area contributed by atoms with Crippen molar-refractivity contribution in [2.45, 2.75) is 26.3 Å². The molecule has 0 aromatic heterocycles. The molecule has 4 heteroatoms. The Balaban J connectivity index is 2.52. The normalized spacial score (nSPS) is 11.4. The summed E-state index contributed by atoms with van der Waals surface area (Å²) < 4.78 is 0. The van der Waals surface area contributed by atoms with E-state index < -0.39 is 0 Å². The zero-order valence-electron chi connectivity index (χ0n) is 13.6. The molecule has 0 amide bonds. The van der Waals surface area contributed by atoms with Crippen molar-refractivity contribution in [3.8, 4) is 11.1 Å². The van der Waals surface area contributed by atoms with Crippen molar-refractivity contribution < 1.29 is 0 Å². The van der Waals surface area contributed by atoms with Gasteiger partial charge in [0.05, 0.1) is 5.02 Å². The van der Waals surface area contributed by atoms with Crippen LogP contribution in [-0.2, 0) is 0 Å². The minimum Gasteiger partial charge on any atom is -0.380 e. The molecule has 1 N–H and O–H groups in total. The van der Waals surface area contributed by atoms with E-state index in [2.05, 4.69) is 32.2 Å². The van der Waals surface area contributed by atoms with E-state index in [1.807, 2.05) is 49.3 Å².